The van der Waals surface area contributed by atoms with Crippen LogP contribution in [0.3, 0.4) is 0 Å². The van der Waals surface area contributed by atoms with E-state index < -0.39 is 18.3 Å². The topological polar surface area (TPSA) is 103 Å². The van der Waals surface area contributed by atoms with Crippen molar-refractivity contribution in [3.63, 3.8) is 0 Å². The van der Waals surface area contributed by atoms with Crippen molar-refractivity contribution in [1.82, 2.24) is 9.97 Å². The van der Waals surface area contributed by atoms with Gasteiger partial charge in [-0.1, -0.05) is 0 Å². The van der Waals surface area contributed by atoms with Crippen LogP contribution in [0.1, 0.15) is 63.9 Å². The molecule has 1 aromatic rings. The molecular weight excluding hydrogens is 368 g/mol. The minimum Gasteiger partial charge on any atom is -0.390 e. The van der Waals surface area contributed by atoms with E-state index >= 15 is 0 Å². The average molecular weight is 395 g/mol. The molecule has 0 aromatic carbocycles. The Bertz CT molecular complexity index is 702. The predicted octanol–water partition coefficient (Wildman–Crippen LogP) is 3.42. The molecule has 0 unspecified atom stereocenters. The molecule has 28 heavy (non-hydrogen) atoms. The van der Waals surface area contributed by atoms with Crippen LogP contribution >= 0.6 is 0 Å². The highest BCUT2D eigenvalue weighted by Gasteiger charge is 2.30. The van der Waals surface area contributed by atoms with Crippen molar-refractivity contribution in [2.24, 2.45) is 0 Å². The maximum Gasteiger partial charge on any atom is 0.345 e. The van der Waals surface area contributed by atoms with Gasteiger partial charge in [0.1, 0.15) is 17.5 Å². The summed E-state index contributed by atoms with van der Waals surface area (Å²) in [5.74, 6) is 0.861. The maximum absolute atomic E-state index is 12.3. The van der Waals surface area contributed by atoms with Crippen molar-refractivity contribution >= 4 is 11.8 Å². The SMILES string of the molecule is C[C@@]1(O)CCC[C@@H](Nc2nc(NC3CCC(OC(F)F)CC3)ncc2C#N)C1. The second kappa shape index (κ2) is 8.97. The van der Waals surface area contributed by atoms with Crippen molar-refractivity contribution in [3.8, 4) is 6.07 Å². The fourth-order valence-electron chi connectivity index (χ4n) is 4.10. The first kappa shape index (κ1) is 20.7. The van der Waals surface area contributed by atoms with Crippen molar-refractivity contribution in [1.29, 1.82) is 5.26 Å². The molecule has 0 spiro atoms. The molecular formula is C19H27F2N5O2. The fraction of sp³-hybridized carbons (Fsp3) is 0.737. The van der Waals surface area contributed by atoms with Crippen LogP contribution in [-0.2, 0) is 4.74 Å². The van der Waals surface area contributed by atoms with E-state index in [-0.39, 0.29) is 12.1 Å². The summed E-state index contributed by atoms with van der Waals surface area (Å²) in [4.78, 5) is 8.67. The van der Waals surface area contributed by atoms with Crippen LogP contribution < -0.4 is 10.6 Å². The van der Waals surface area contributed by atoms with Crippen molar-refractivity contribution in [3.05, 3.63) is 11.8 Å². The molecule has 2 atom stereocenters. The van der Waals surface area contributed by atoms with E-state index in [2.05, 4.69) is 31.4 Å². The first-order chi connectivity index (χ1) is 13.3. The molecule has 0 aliphatic heterocycles. The monoisotopic (exact) mass is 395 g/mol. The summed E-state index contributed by atoms with van der Waals surface area (Å²) in [6.07, 6.45) is 6.74. The number of hydrogen-bond donors (Lipinski definition) is 3. The minimum absolute atomic E-state index is 0.0422. The number of aliphatic hydroxyl groups is 1. The van der Waals surface area contributed by atoms with Gasteiger partial charge in [0.15, 0.2) is 0 Å². The van der Waals surface area contributed by atoms with E-state index in [4.69, 9.17) is 0 Å². The molecule has 3 rings (SSSR count). The van der Waals surface area contributed by atoms with Crippen LogP contribution in [-0.4, -0.2) is 45.5 Å². The number of hydrogen-bond acceptors (Lipinski definition) is 7. The average Bonchev–Trinajstić information content (AvgIpc) is 2.62. The van der Waals surface area contributed by atoms with Gasteiger partial charge in [0.05, 0.1) is 17.9 Å². The number of nitriles is 1. The Morgan fingerprint density at radius 1 is 1.25 bits per heavy atom. The molecule has 0 radical (unpaired) electrons. The highest BCUT2D eigenvalue weighted by atomic mass is 19.3. The number of anilines is 2. The number of nitrogens with zero attached hydrogens (tertiary/aromatic N) is 3. The fourth-order valence-corrected chi connectivity index (χ4v) is 4.10. The van der Waals surface area contributed by atoms with E-state index in [1.165, 1.54) is 6.20 Å². The Hall–Kier alpha value is -2.05. The highest BCUT2D eigenvalue weighted by Crippen LogP contribution is 2.30. The number of alkyl halides is 2. The summed E-state index contributed by atoms with van der Waals surface area (Å²) in [7, 11) is 0. The number of rotatable bonds is 6. The largest absolute Gasteiger partial charge is 0.390 e. The first-order valence-electron chi connectivity index (χ1n) is 9.81. The molecule has 2 aliphatic carbocycles. The zero-order valence-corrected chi connectivity index (χ0v) is 16.0. The zero-order chi connectivity index (χ0) is 20.1. The van der Waals surface area contributed by atoms with Gasteiger partial charge in [-0.2, -0.15) is 19.0 Å². The Balaban J connectivity index is 1.61. The lowest BCUT2D eigenvalue weighted by Crippen LogP contribution is -2.38. The van der Waals surface area contributed by atoms with Gasteiger partial charge in [-0.15, -0.1) is 0 Å². The molecule has 7 nitrogen and oxygen atoms in total. The van der Waals surface area contributed by atoms with Gasteiger partial charge in [0.2, 0.25) is 5.95 Å². The van der Waals surface area contributed by atoms with Crippen LogP contribution in [0.15, 0.2) is 6.20 Å². The summed E-state index contributed by atoms with van der Waals surface area (Å²) < 4.78 is 29.2. The zero-order valence-electron chi connectivity index (χ0n) is 16.0. The highest BCUT2D eigenvalue weighted by molar-refractivity contribution is 5.54. The number of ether oxygens (including phenoxy) is 1. The molecule has 2 saturated carbocycles. The van der Waals surface area contributed by atoms with E-state index in [1.807, 2.05) is 6.92 Å². The molecule has 9 heteroatoms. The Labute approximate surface area is 163 Å². The van der Waals surface area contributed by atoms with Crippen molar-refractivity contribution in [2.75, 3.05) is 10.6 Å². The normalized spacial score (nSPS) is 30.6. The van der Waals surface area contributed by atoms with Gasteiger partial charge in [-0.25, -0.2) is 4.98 Å². The standard InChI is InChI=1S/C19H27F2N5O2/c1-19(27)8-2-3-14(9-19)24-16-12(10-22)11-23-18(26-16)25-13-4-6-15(7-5-13)28-17(20)21/h11,13-15,17,27H,2-9H2,1H3,(H2,23,24,25,26)/t13?,14-,15?,19-/m1/s1. The lowest BCUT2D eigenvalue weighted by Gasteiger charge is -2.34. The van der Waals surface area contributed by atoms with Gasteiger partial charge < -0.3 is 20.5 Å². The first-order valence-corrected chi connectivity index (χ1v) is 9.81. The smallest absolute Gasteiger partial charge is 0.345 e. The second-order valence-corrected chi connectivity index (χ2v) is 8.02. The molecule has 2 aliphatic rings. The molecule has 154 valence electrons. The third-order valence-electron chi connectivity index (χ3n) is 5.51. The van der Waals surface area contributed by atoms with Crippen LogP contribution in [0, 0.1) is 11.3 Å². The van der Waals surface area contributed by atoms with E-state index in [0.29, 0.717) is 49.4 Å². The molecule has 2 fully saturated rings. The quantitative estimate of drug-likeness (QED) is 0.678. The van der Waals surface area contributed by atoms with Crippen LogP contribution in [0.5, 0.6) is 0 Å². The molecule has 0 bridgehead atoms. The molecule has 3 N–H and O–H groups in total. The summed E-state index contributed by atoms with van der Waals surface area (Å²) in [6.45, 7) is -0.904. The van der Waals surface area contributed by atoms with Crippen LogP contribution in [0.25, 0.3) is 0 Å². The lowest BCUT2D eigenvalue weighted by molar-refractivity contribution is -0.169. The minimum atomic E-state index is -2.73. The van der Waals surface area contributed by atoms with Gasteiger partial charge in [-0.05, 0) is 58.3 Å². The van der Waals surface area contributed by atoms with Gasteiger partial charge >= 0.3 is 6.61 Å². The number of nitrogens with one attached hydrogen (secondary N) is 2. The summed E-state index contributed by atoms with van der Waals surface area (Å²) in [6, 6.07) is 2.22. The maximum atomic E-state index is 12.3. The molecule has 1 heterocycles. The van der Waals surface area contributed by atoms with Crippen LogP contribution in [0.4, 0.5) is 20.5 Å². The van der Waals surface area contributed by atoms with Gasteiger partial charge in [0, 0.05) is 12.1 Å². The molecule has 0 amide bonds. The summed E-state index contributed by atoms with van der Waals surface area (Å²) >= 11 is 0. The number of aromatic nitrogens is 2. The van der Waals surface area contributed by atoms with Crippen LogP contribution in [0.2, 0.25) is 0 Å². The third-order valence-corrected chi connectivity index (χ3v) is 5.51. The van der Waals surface area contributed by atoms with E-state index in [9.17, 15) is 19.1 Å². The Morgan fingerprint density at radius 3 is 2.64 bits per heavy atom. The number of halogens is 2. The van der Waals surface area contributed by atoms with E-state index in [1.54, 1.807) is 0 Å². The summed E-state index contributed by atoms with van der Waals surface area (Å²) in [5.41, 5.74) is -0.361. The second-order valence-electron chi connectivity index (χ2n) is 8.02. The Kier molecular flexibility index (Phi) is 6.62. The Morgan fingerprint density at radius 2 is 2.00 bits per heavy atom. The molecule has 0 saturated heterocycles. The van der Waals surface area contributed by atoms with Crippen molar-refractivity contribution in [2.45, 2.75) is 88.7 Å². The lowest BCUT2D eigenvalue weighted by atomic mass is 9.83. The predicted molar refractivity (Wildman–Crippen MR) is 100 cm³/mol. The van der Waals surface area contributed by atoms with Crippen molar-refractivity contribution < 1.29 is 18.6 Å². The van der Waals surface area contributed by atoms with Gasteiger partial charge in [-0.3, -0.25) is 0 Å². The molecule has 1 aromatic heterocycles. The third kappa shape index (κ3) is 5.72. The summed E-state index contributed by atoms with van der Waals surface area (Å²) in [5, 5.41) is 26.2. The van der Waals surface area contributed by atoms with Gasteiger partial charge in [0.25, 0.3) is 0 Å². The van der Waals surface area contributed by atoms with E-state index in [0.717, 1.165) is 19.3 Å².